The minimum Gasteiger partial charge on any atom is -0.496 e. The molecule has 6 rings (SSSR count). The molecule has 2 fully saturated rings. The van der Waals surface area contributed by atoms with E-state index in [0.717, 1.165) is 33.1 Å². The van der Waals surface area contributed by atoms with Crippen LogP contribution in [-0.2, 0) is 11.2 Å². The van der Waals surface area contributed by atoms with Gasteiger partial charge in [0.25, 0.3) is 5.91 Å². The Morgan fingerprint density at radius 1 is 0.978 bits per heavy atom. The summed E-state index contributed by atoms with van der Waals surface area (Å²) in [5.41, 5.74) is 3.69. The molecule has 2 aliphatic rings. The van der Waals surface area contributed by atoms with Crippen LogP contribution in [0.25, 0.3) is 10.6 Å². The van der Waals surface area contributed by atoms with E-state index in [0.29, 0.717) is 62.4 Å². The van der Waals surface area contributed by atoms with Crippen LogP contribution in [0, 0.1) is 19.8 Å². The lowest BCUT2D eigenvalue weighted by molar-refractivity contribution is -0.142. The highest BCUT2D eigenvalue weighted by atomic mass is 32.1. The van der Waals surface area contributed by atoms with Gasteiger partial charge in [-0.1, -0.05) is 48.5 Å². The molecule has 4 heterocycles. The molecular weight excluding hydrogens is 584 g/mol. The van der Waals surface area contributed by atoms with E-state index in [1.165, 1.54) is 11.3 Å². The molecule has 4 aromatic rings. The summed E-state index contributed by atoms with van der Waals surface area (Å²) in [6.45, 7) is 5.79. The first kappa shape index (κ1) is 30.9. The predicted molar refractivity (Wildman–Crippen MR) is 175 cm³/mol. The Morgan fingerprint density at radius 3 is 2.42 bits per heavy atom. The van der Waals surface area contributed by atoms with Gasteiger partial charge in [-0.3, -0.25) is 14.6 Å². The number of hydrogen-bond acceptors (Lipinski definition) is 7. The molecule has 1 N–H and O–H groups in total. The Hall–Kier alpha value is -4.08. The number of pyridine rings is 1. The molecule has 2 atom stereocenters. The van der Waals surface area contributed by atoms with Crippen molar-refractivity contribution in [1.29, 1.82) is 0 Å². The monoisotopic (exact) mass is 624 g/mol. The molecule has 0 spiro atoms. The second kappa shape index (κ2) is 13.1. The Kier molecular flexibility index (Phi) is 9.01. The van der Waals surface area contributed by atoms with E-state index in [1.807, 2.05) is 78.2 Å². The first-order chi connectivity index (χ1) is 21.7. The van der Waals surface area contributed by atoms with Crippen molar-refractivity contribution in [2.45, 2.75) is 51.0 Å². The summed E-state index contributed by atoms with van der Waals surface area (Å²) in [5, 5.41) is 12.2. The number of benzene rings is 2. The van der Waals surface area contributed by atoms with Crippen LogP contribution in [0.5, 0.6) is 5.75 Å². The maximum absolute atomic E-state index is 14.1. The van der Waals surface area contributed by atoms with Crippen LogP contribution in [0.3, 0.4) is 0 Å². The van der Waals surface area contributed by atoms with Gasteiger partial charge in [0.05, 0.1) is 18.4 Å². The van der Waals surface area contributed by atoms with E-state index in [4.69, 9.17) is 9.72 Å². The van der Waals surface area contributed by atoms with Crippen LogP contribution < -0.4 is 4.74 Å². The van der Waals surface area contributed by atoms with E-state index in [9.17, 15) is 14.7 Å². The zero-order valence-electron chi connectivity index (χ0n) is 26.1. The third-order valence-electron chi connectivity index (χ3n) is 9.31. The molecule has 9 heteroatoms. The van der Waals surface area contributed by atoms with Crippen LogP contribution in [0.2, 0.25) is 0 Å². The molecule has 0 unspecified atom stereocenters. The fourth-order valence-electron chi connectivity index (χ4n) is 6.68. The summed E-state index contributed by atoms with van der Waals surface area (Å²) in [6.07, 6.45) is 3.88. The average Bonchev–Trinajstić information content (AvgIpc) is 3.46. The summed E-state index contributed by atoms with van der Waals surface area (Å²) in [7, 11) is 1.64. The number of hydrogen-bond donors (Lipinski definition) is 1. The highest BCUT2D eigenvalue weighted by molar-refractivity contribution is 7.17. The molecule has 2 aliphatic heterocycles. The first-order valence-electron chi connectivity index (χ1n) is 15.6. The molecule has 0 bridgehead atoms. The normalized spacial score (nSPS) is 19.7. The van der Waals surface area contributed by atoms with Crippen LogP contribution in [0.15, 0.2) is 72.9 Å². The molecule has 45 heavy (non-hydrogen) atoms. The maximum Gasteiger partial charge on any atom is 0.265 e. The zero-order valence-corrected chi connectivity index (χ0v) is 26.9. The van der Waals surface area contributed by atoms with Crippen LogP contribution in [0.1, 0.15) is 57.4 Å². The third-order valence-corrected chi connectivity index (χ3v) is 10.5. The number of carbonyl (C=O) groups is 2. The summed E-state index contributed by atoms with van der Waals surface area (Å²) in [6, 6.07) is 21.8. The van der Waals surface area contributed by atoms with Gasteiger partial charge in [0.15, 0.2) is 0 Å². The topological polar surface area (TPSA) is 95.9 Å². The lowest BCUT2D eigenvalue weighted by Crippen LogP contribution is -2.52. The number of nitrogens with zero attached hydrogens (tertiary/aromatic N) is 4. The molecule has 2 amide bonds. The molecular formula is C36H40N4O4S. The summed E-state index contributed by atoms with van der Waals surface area (Å²) >= 11 is 1.40. The first-order valence-corrected chi connectivity index (χ1v) is 16.4. The summed E-state index contributed by atoms with van der Waals surface area (Å²) in [5.74, 6) is 0.475. The van der Waals surface area contributed by atoms with Crippen molar-refractivity contribution < 1.29 is 19.4 Å². The standard InChI is InChI=1S/C36H40N4O4S/c1-24-13-14-28(22-37-24)33-38-25(2)32(45-33)35(42)40-18-15-29(30(23-40)26-9-5-4-6-10-26)34(41)39-19-16-36(43,17-20-39)21-27-11-7-8-12-31(27)44-3/h4-14,22,29-30,43H,15-21,23H2,1-3H3/t29-,30+/m1/s1. The van der Waals surface area contributed by atoms with E-state index in [-0.39, 0.29) is 23.7 Å². The zero-order chi connectivity index (χ0) is 31.6. The molecule has 2 aromatic heterocycles. The molecule has 0 saturated carbocycles. The number of piperidine rings is 2. The van der Waals surface area contributed by atoms with Gasteiger partial charge in [-0.2, -0.15) is 0 Å². The predicted octanol–water partition coefficient (Wildman–Crippen LogP) is 5.67. The number of aliphatic hydroxyl groups is 1. The molecule has 8 nitrogen and oxygen atoms in total. The molecule has 2 aromatic carbocycles. The second-order valence-corrected chi connectivity index (χ2v) is 13.3. The quantitative estimate of drug-likeness (QED) is 0.285. The van der Waals surface area contributed by atoms with Gasteiger partial charge in [0.1, 0.15) is 15.6 Å². The van der Waals surface area contributed by atoms with Crippen LogP contribution >= 0.6 is 11.3 Å². The number of methoxy groups -OCH3 is 1. The largest absolute Gasteiger partial charge is 0.496 e. The number of aryl methyl sites for hydroxylation is 2. The van der Waals surface area contributed by atoms with Crippen molar-refractivity contribution in [3.8, 4) is 16.3 Å². The molecule has 0 radical (unpaired) electrons. The fourth-order valence-corrected chi connectivity index (χ4v) is 7.71. The average molecular weight is 625 g/mol. The highest BCUT2D eigenvalue weighted by Crippen LogP contribution is 2.38. The Balaban J connectivity index is 1.16. The summed E-state index contributed by atoms with van der Waals surface area (Å²) < 4.78 is 5.50. The van der Waals surface area contributed by atoms with Crippen LogP contribution in [0.4, 0.5) is 0 Å². The van der Waals surface area contributed by atoms with Crippen LogP contribution in [-0.4, -0.2) is 75.6 Å². The highest BCUT2D eigenvalue weighted by Gasteiger charge is 2.42. The van der Waals surface area contributed by atoms with Gasteiger partial charge in [-0.05, 0) is 62.4 Å². The van der Waals surface area contributed by atoms with Crippen molar-refractivity contribution in [3.63, 3.8) is 0 Å². The van der Waals surface area contributed by atoms with E-state index in [2.05, 4.69) is 17.1 Å². The number of rotatable bonds is 7. The van der Waals surface area contributed by atoms with Crippen molar-refractivity contribution >= 4 is 23.2 Å². The third kappa shape index (κ3) is 6.65. The Labute approximate surface area is 268 Å². The minimum atomic E-state index is -0.889. The lowest BCUT2D eigenvalue weighted by Gasteiger charge is -2.43. The van der Waals surface area contributed by atoms with Gasteiger partial charge in [0.2, 0.25) is 5.91 Å². The lowest BCUT2D eigenvalue weighted by atomic mass is 9.78. The van der Waals surface area contributed by atoms with Gasteiger partial charge in [-0.15, -0.1) is 11.3 Å². The van der Waals surface area contributed by atoms with E-state index < -0.39 is 5.60 Å². The van der Waals surface area contributed by atoms with E-state index >= 15 is 0 Å². The van der Waals surface area contributed by atoms with Gasteiger partial charge >= 0.3 is 0 Å². The number of carbonyl (C=O) groups excluding carboxylic acids is 2. The van der Waals surface area contributed by atoms with Gasteiger partial charge < -0.3 is 19.6 Å². The smallest absolute Gasteiger partial charge is 0.265 e. The van der Waals surface area contributed by atoms with Gasteiger partial charge in [0, 0.05) is 61.9 Å². The molecule has 2 saturated heterocycles. The van der Waals surface area contributed by atoms with Crippen molar-refractivity contribution in [1.82, 2.24) is 19.8 Å². The van der Waals surface area contributed by atoms with Crippen molar-refractivity contribution in [2.24, 2.45) is 5.92 Å². The number of ether oxygens (including phenoxy) is 1. The Bertz CT molecular complexity index is 1650. The van der Waals surface area contributed by atoms with Gasteiger partial charge in [-0.25, -0.2) is 4.98 Å². The minimum absolute atomic E-state index is 0.0393. The number of thiazole rings is 1. The maximum atomic E-state index is 14.1. The van der Waals surface area contributed by atoms with E-state index in [1.54, 1.807) is 13.3 Å². The number of likely N-dealkylation sites (tertiary alicyclic amines) is 2. The molecule has 0 aliphatic carbocycles. The second-order valence-electron chi connectivity index (χ2n) is 12.3. The SMILES string of the molecule is COc1ccccc1CC1(O)CCN(C(=O)[C@@H]2CCN(C(=O)c3sc(-c4ccc(C)nc4)nc3C)C[C@H]2c2ccccc2)CC1. The number of aromatic nitrogens is 2. The van der Waals surface area contributed by atoms with Crippen molar-refractivity contribution in [3.05, 3.63) is 100 Å². The number of amides is 2. The molecule has 234 valence electrons. The van der Waals surface area contributed by atoms with Crippen molar-refractivity contribution in [2.75, 3.05) is 33.3 Å². The number of para-hydroxylation sites is 1. The Morgan fingerprint density at radius 2 is 1.71 bits per heavy atom. The fraction of sp³-hybridized carbons (Fsp3) is 0.389. The summed E-state index contributed by atoms with van der Waals surface area (Å²) in [4.78, 5) is 41.5.